The van der Waals surface area contributed by atoms with Crippen molar-refractivity contribution in [1.29, 1.82) is 0 Å². The summed E-state index contributed by atoms with van der Waals surface area (Å²) in [6.45, 7) is 0. The summed E-state index contributed by atoms with van der Waals surface area (Å²) >= 11 is 0. The Hall–Kier alpha value is -0.760. The molecule has 0 radical (unpaired) electrons. The fourth-order valence-corrected chi connectivity index (χ4v) is 2.45. The molecule has 2 N–H and O–H groups in total. The van der Waals surface area contributed by atoms with Gasteiger partial charge in [0.1, 0.15) is 0 Å². The molecular formula is C11H16N2. The van der Waals surface area contributed by atoms with Crippen LogP contribution < -0.4 is 5.73 Å². The minimum atomic E-state index is 0.309. The average Bonchev–Trinajstić information content (AvgIpc) is 2.87. The first-order chi connectivity index (χ1) is 6.36. The number of nitrogens with zero attached hydrogens (tertiary/aromatic N) is 1. The zero-order chi connectivity index (χ0) is 8.84. The number of rotatable bonds is 1. The molecule has 1 aromatic rings. The third-order valence-electron chi connectivity index (χ3n) is 3.33. The van der Waals surface area contributed by atoms with Gasteiger partial charge in [0.25, 0.3) is 0 Å². The van der Waals surface area contributed by atoms with Gasteiger partial charge in [-0.1, -0.05) is 0 Å². The summed E-state index contributed by atoms with van der Waals surface area (Å²) in [7, 11) is 0. The number of fused-ring (bicyclic) bond motifs is 1. The Morgan fingerprint density at radius 2 is 2.15 bits per heavy atom. The Morgan fingerprint density at radius 1 is 1.31 bits per heavy atom. The molecule has 0 aliphatic heterocycles. The maximum Gasteiger partial charge on any atom is 0.0335 e. The largest absolute Gasteiger partial charge is 0.348 e. The molecule has 1 saturated carbocycles. The lowest BCUT2D eigenvalue weighted by atomic mass is 9.94. The van der Waals surface area contributed by atoms with E-state index in [1.807, 2.05) is 0 Å². The van der Waals surface area contributed by atoms with Crippen LogP contribution in [-0.2, 0) is 6.42 Å². The normalized spacial score (nSPS) is 27.3. The summed E-state index contributed by atoms with van der Waals surface area (Å²) in [4.78, 5) is 0. The number of hydrogen-bond donors (Lipinski definition) is 1. The molecular weight excluding hydrogens is 160 g/mol. The predicted octanol–water partition coefficient (Wildman–Crippen LogP) is 2.16. The zero-order valence-corrected chi connectivity index (χ0v) is 7.87. The van der Waals surface area contributed by atoms with E-state index in [0.717, 1.165) is 6.04 Å². The van der Waals surface area contributed by atoms with Gasteiger partial charge < -0.3 is 10.3 Å². The van der Waals surface area contributed by atoms with Gasteiger partial charge in [-0.05, 0) is 43.7 Å². The van der Waals surface area contributed by atoms with Crippen LogP contribution in [0.3, 0.4) is 0 Å². The van der Waals surface area contributed by atoms with Crippen molar-refractivity contribution in [3.8, 4) is 0 Å². The monoisotopic (exact) mass is 176 g/mol. The van der Waals surface area contributed by atoms with E-state index in [2.05, 4.69) is 16.8 Å². The van der Waals surface area contributed by atoms with Crippen LogP contribution in [-0.4, -0.2) is 4.57 Å². The molecule has 2 aliphatic rings. The molecule has 2 nitrogen and oxygen atoms in total. The Labute approximate surface area is 78.7 Å². The first kappa shape index (κ1) is 7.63. The minimum absolute atomic E-state index is 0.309. The smallest absolute Gasteiger partial charge is 0.0335 e. The maximum absolute atomic E-state index is 6.07. The van der Waals surface area contributed by atoms with Gasteiger partial charge in [-0.15, -0.1) is 0 Å². The van der Waals surface area contributed by atoms with E-state index in [1.54, 1.807) is 0 Å². The van der Waals surface area contributed by atoms with Crippen LogP contribution in [0.25, 0.3) is 0 Å². The van der Waals surface area contributed by atoms with Crippen molar-refractivity contribution in [1.82, 2.24) is 4.57 Å². The summed E-state index contributed by atoms with van der Waals surface area (Å²) in [5.74, 6) is 0. The molecule has 0 aromatic carbocycles. The first-order valence-electron chi connectivity index (χ1n) is 5.31. The van der Waals surface area contributed by atoms with Crippen LogP contribution >= 0.6 is 0 Å². The van der Waals surface area contributed by atoms with Gasteiger partial charge in [0.15, 0.2) is 0 Å². The van der Waals surface area contributed by atoms with Crippen LogP contribution in [0.15, 0.2) is 12.3 Å². The van der Waals surface area contributed by atoms with Gasteiger partial charge in [0.2, 0.25) is 0 Å². The van der Waals surface area contributed by atoms with Crippen molar-refractivity contribution >= 4 is 0 Å². The van der Waals surface area contributed by atoms with E-state index >= 15 is 0 Å². The summed E-state index contributed by atoms with van der Waals surface area (Å²) in [6.07, 6.45) is 8.67. The quantitative estimate of drug-likeness (QED) is 0.698. The van der Waals surface area contributed by atoms with Gasteiger partial charge in [0, 0.05) is 24.0 Å². The van der Waals surface area contributed by atoms with E-state index < -0.39 is 0 Å². The highest BCUT2D eigenvalue weighted by Crippen LogP contribution is 2.39. The molecule has 1 aromatic heterocycles. The predicted molar refractivity (Wildman–Crippen MR) is 52.6 cm³/mol. The molecule has 0 bridgehead atoms. The van der Waals surface area contributed by atoms with Gasteiger partial charge in [0.05, 0.1) is 0 Å². The van der Waals surface area contributed by atoms with Crippen LogP contribution in [0.1, 0.15) is 49.0 Å². The highest BCUT2D eigenvalue weighted by atomic mass is 15.0. The van der Waals surface area contributed by atoms with Crippen molar-refractivity contribution in [2.24, 2.45) is 5.73 Å². The van der Waals surface area contributed by atoms with Crippen LogP contribution in [0.5, 0.6) is 0 Å². The topological polar surface area (TPSA) is 30.9 Å². The van der Waals surface area contributed by atoms with E-state index in [-0.39, 0.29) is 0 Å². The van der Waals surface area contributed by atoms with Crippen LogP contribution in [0.4, 0.5) is 0 Å². The highest BCUT2D eigenvalue weighted by molar-refractivity contribution is 5.29. The summed E-state index contributed by atoms with van der Waals surface area (Å²) in [5.41, 5.74) is 9.01. The van der Waals surface area contributed by atoms with E-state index in [1.165, 1.54) is 43.4 Å². The summed E-state index contributed by atoms with van der Waals surface area (Å²) < 4.78 is 2.47. The Bertz CT molecular complexity index is 309. The molecule has 1 heterocycles. The third kappa shape index (κ3) is 1.12. The van der Waals surface area contributed by atoms with Crippen molar-refractivity contribution in [3.63, 3.8) is 0 Å². The highest BCUT2D eigenvalue weighted by Gasteiger charge is 2.28. The first-order valence-corrected chi connectivity index (χ1v) is 5.31. The van der Waals surface area contributed by atoms with E-state index in [9.17, 15) is 0 Å². The number of nitrogens with two attached hydrogens (primary N) is 1. The fraction of sp³-hybridized carbons (Fsp3) is 0.636. The molecule has 2 aliphatic carbocycles. The lowest BCUT2D eigenvalue weighted by Gasteiger charge is -2.20. The molecule has 1 unspecified atom stereocenters. The zero-order valence-electron chi connectivity index (χ0n) is 7.87. The third-order valence-corrected chi connectivity index (χ3v) is 3.33. The van der Waals surface area contributed by atoms with Gasteiger partial charge in [-0.25, -0.2) is 0 Å². The summed E-state index contributed by atoms with van der Waals surface area (Å²) in [6, 6.07) is 3.36. The minimum Gasteiger partial charge on any atom is -0.348 e. The van der Waals surface area contributed by atoms with Crippen LogP contribution in [0, 0.1) is 0 Å². The molecule has 1 fully saturated rings. The second kappa shape index (κ2) is 2.61. The van der Waals surface area contributed by atoms with E-state index in [4.69, 9.17) is 5.73 Å². The standard InChI is InChI=1S/C11H16N2/c12-10-2-1-3-11-9(10)6-7-13(11)8-4-5-8/h6-8,10H,1-5,12H2. The molecule has 70 valence electrons. The maximum atomic E-state index is 6.07. The molecule has 3 rings (SSSR count). The molecule has 13 heavy (non-hydrogen) atoms. The molecule has 1 atom stereocenters. The second-order valence-corrected chi connectivity index (χ2v) is 4.35. The van der Waals surface area contributed by atoms with Gasteiger partial charge >= 0.3 is 0 Å². The number of aromatic nitrogens is 1. The number of hydrogen-bond acceptors (Lipinski definition) is 1. The van der Waals surface area contributed by atoms with E-state index in [0.29, 0.717) is 6.04 Å². The van der Waals surface area contributed by atoms with Crippen molar-refractivity contribution in [3.05, 3.63) is 23.5 Å². The molecule has 0 spiro atoms. The average molecular weight is 176 g/mol. The van der Waals surface area contributed by atoms with Gasteiger partial charge in [-0.3, -0.25) is 0 Å². The SMILES string of the molecule is NC1CCCc2c1ccn2C1CC1. The van der Waals surface area contributed by atoms with Crippen molar-refractivity contribution in [2.45, 2.75) is 44.2 Å². The van der Waals surface area contributed by atoms with Crippen LogP contribution in [0.2, 0.25) is 0 Å². The lowest BCUT2D eigenvalue weighted by molar-refractivity contribution is 0.542. The van der Waals surface area contributed by atoms with Gasteiger partial charge in [-0.2, -0.15) is 0 Å². The Balaban J connectivity index is 2.04. The van der Waals surface area contributed by atoms with Crippen molar-refractivity contribution < 1.29 is 0 Å². The Morgan fingerprint density at radius 3 is 2.92 bits per heavy atom. The molecule has 0 saturated heterocycles. The fourth-order valence-electron chi connectivity index (χ4n) is 2.45. The Kier molecular flexibility index (Phi) is 1.53. The summed E-state index contributed by atoms with van der Waals surface area (Å²) in [5, 5.41) is 0. The lowest BCUT2D eigenvalue weighted by Crippen LogP contribution is -2.17. The second-order valence-electron chi connectivity index (χ2n) is 4.35. The molecule has 2 heteroatoms. The van der Waals surface area contributed by atoms with Crippen molar-refractivity contribution in [2.75, 3.05) is 0 Å². The molecule has 0 amide bonds.